The molecule has 0 aromatic carbocycles. The molecule has 0 amide bonds. The van der Waals surface area contributed by atoms with Gasteiger partial charge in [0.15, 0.2) is 5.96 Å². The molecule has 1 saturated heterocycles. The maximum Gasteiger partial charge on any atom is 0.189 e. The zero-order valence-corrected chi connectivity index (χ0v) is 11.6. The van der Waals surface area contributed by atoms with Crippen LogP contribution in [0, 0.1) is 0 Å². The largest absolute Gasteiger partial charge is 0.378 e. The normalized spacial score (nSPS) is 20.0. The summed E-state index contributed by atoms with van der Waals surface area (Å²) in [6.07, 6.45) is 4.22. The van der Waals surface area contributed by atoms with Crippen molar-refractivity contribution in [1.29, 1.82) is 0 Å². The molecule has 3 N–H and O–H groups in total. The van der Waals surface area contributed by atoms with E-state index in [0.717, 1.165) is 37.7 Å². The topological polar surface area (TPSA) is 75.8 Å². The zero-order valence-electron chi connectivity index (χ0n) is 11.6. The average molecular weight is 275 g/mol. The van der Waals surface area contributed by atoms with Crippen molar-refractivity contribution in [2.24, 2.45) is 10.7 Å². The summed E-state index contributed by atoms with van der Waals surface area (Å²) in [7, 11) is 0. The minimum Gasteiger partial charge on any atom is -0.378 e. The molecule has 0 atom stereocenters. The summed E-state index contributed by atoms with van der Waals surface area (Å²) in [4.78, 5) is 11.2. The Balaban J connectivity index is 1.68. The standard InChI is InChI=1S/C14H21N5O/c15-14(18-12-3-4-12)17-10-11-2-1-5-16-13(11)19-6-8-20-9-7-19/h1-2,5,12H,3-4,6-10H2,(H3,15,17,18). The minimum atomic E-state index is 0.532. The van der Waals surface area contributed by atoms with Gasteiger partial charge in [0.05, 0.1) is 19.8 Å². The van der Waals surface area contributed by atoms with Gasteiger partial charge in [-0.25, -0.2) is 9.98 Å². The summed E-state index contributed by atoms with van der Waals surface area (Å²) in [5.41, 5.74) is 6.98. The van der Waals surface area contributed by atoms with E-state index in [2.05, 4.69) is 26.3 Å². The lowest BCUT2D eigenvalue weighted by atomic mass is 10.2. The summed E-state index contributed by atoms with van der Waals surface area (Å²) in [6.45, 7) is 3.83. The van der Waals surface area contributed by atoms with Crippen molar-refractivity contribution in [3.8, 4) is 0 Å². The quantitative estimate of drug-likeness (QED) is 0.617. The Bertz CT molecular complexity index is 480. The minimum absolute atomic E-state index is 0.532. The van der Waals surface area contributed by atoms with E-state index in [1.807, 2.05) is 12.3 Å². The predicted octanol–water partition coefficient (Wildman–Crippen LogP) is 0.485. The van der Waals surface area contributed by atoms with Crippen LogP contribution in [0.2, 0.25) is 0 Å². The van der Waals surface area contributed by atoms with Gasteiger partial charge in [-0.3, -0.25) is 0 Å². The smallest absolute Gasteiger partial charge is 0.189 e. The molecule has 0 spiro atoms. The van der Waals surface area contributed by atoms with Crippen LogP contribution < -0.4 is 16.0 Å². The number of nitrogens with one attached hydrogen (secondary N) is 1. The molecule has 6 nitrogen and oxygen atoms in total. The van der Waals surface area contributed by atoms with Gasteiger partial charge in [0.25, 0.3) is 0 Å². The number of rotatable bonds is 4. The molecule has 1 aromatic rings. The van der Waals surface area contributed by atoms with Crippen molar-refractivity contribution in [3.05, 3.63) is 23.9 Å². The first-order chi connectivity index (χ1) is 9.83. The van der Waals surface area contributed by atoms with Crippen LogP contribution >= 0.6 is 0 Å². The van der Waals surface area contributed by atoms with Crippen molar-refractivity contribution in [2.45, 2.75) is 25.4 Å². The maximum absolute atomic E-state index is 5.88. The lowest BCUT2D eigenvalue weighted by Gasteiger charge is -2.29. The molecule has 3 rings (SSSR count). The highest BCUT2D eigenvalue weighted by Gasteiger charge is 2.21. The number of guanidine groups is 1. The fourth-order valence-electron chi connectivity index (χ4n) is 2.27. The third kappa shape index (κ3) is 3.39. The summed E-state index contributed by atoms with van der Waals surface area (Å²) in [5, 5.41) is 3.20. The molecular weight excluding hydrogens is 254 g/mol. The van der Waals surface area contributed by atoms with Gasteiger partial charge >= 0.3 is 0 Å². The van der Waals surface area contributed by atoms with E-state index in [0.29, 0.717) is 18.5 Å². The van der Waals surface area contributed by atoms with Crippen LogP contribution in [0.25, 0.3) is 0 Å². The van der Waals surface area contributed by atoms with Crippen LogP contribution in [-0.4, -0.2) is 43.3 Å². The van der Waals surface area contributed by atoms with Gasteiger partial charge in [0.1, 0.15) is 5.82 Å². The van der Waals surface area contributed by atoms with Gasteiger partial charge in [-0.15, -0.1) is 0 Å². The molecule has 0 radical (unpaired) electrons. The number of aromatic nitrogens is 1. The van der Waals surface area contributed by atoms with Gasteiger partial charge in [-0.2, -0.15) is 0 Å². The number of hydrogen-bond acceptors (Lipinski definition) is 4. The average Bonchev–Trinajstić information content (AvgIpc) is 3.30. The first-order valence-electron chi connectivity index (χ1n) is 7.16. The Morgan fingerprint density at radius 3 is 3.00 bits per heavy atom. The molecule has 2 fully saturated rings. The zero-order chi connectivity index (χ0) is 13.8. The Hall–Kier alpha value is -1.82. The molecule has 2 aliphatic rings. The number of nitrogens with zero attached hydrogens (tertiary/aromatic N) is 3. The summed E-state index contributed by atoms with van der Waals surface area (Å²) in [6, 6.07) is 4.54. The van der Waals surface area contributed by atoms with Crippen molar-refractivity contribution >= 4 is 11.8 Å². The van der Waals surface area contributed by atoms with Gasteiger partial charge in [0, 0.05) is 30.9 Å². The molecule has 1 saturated carbocycles. The highest BCUT2D eigenvalue weighted by atomic mass is 16.5. The number of morpholine rings is 1. The number of aliphatic imine (C=N–C) groups is 1. The van der Waals surface area contributed by atoms with Gasteiger partial charge < -0.3 is 20.7 Å². The molecule has 108 valence electrons. The number of nitrogens with two attached hydrogens (primary N) is 1. The molecule has 2 heterocycles. The molecule has 0 unspecified atom stereocenters. The molecule has 1 aromatic heterocycles. The Morgan fingerprint density at radius 1 is 1.45 bits per heavy atom. The third-order valence-electron chi connectivity index (χ3n) is 3.53. The molecule has 1 aliphatic carbocycles. The second kappa shape index (κ2) is 6.09. The van der Waals surface area contributed by atoms with E-state index < -0.39 is 0 Å². The lowest BCUT2D eigenvalue weighted by Crippen LogP contribution is -2.37. The Labute approximate surface area is 119 Å². The summed E-state index contributed by atoms with van der Waals surface area (Å²) in [5.74, 6) is 1.53. The second-order valence-electron chi connectivity index (χ2n) is 5.21. The SMILES string of the molecule is NC(=NCc1cccnc1N1CCOCC1)NC1CC1. The molecular formula is C14H21N5O. The van der Waals surface area contributed by atoms with Gasteiger partial charge in [-0.1, -0.05) is 6.07 Å². The van der Waals surface area contributed by atoms with E-state index in [-0.39, 0.29) is 0 Å². The van der Waals surface area contributed by atoms with Crippen molar-refractivity contribution in [3.63, 3.8) is 0 Å². The fraction of sp³-hybridized carbons (Fsp3) is 0.571. The molecule has 6 heteroatoms. The predicted molar refractivity (Wildman–Crippen MR) is 78.8 cm³/mol. The van der Waals surface area contributed by atoms with Crippen molar-refractivity contribution in [2.75, 3.05) is 31.2 Å². The van der Waals surface area contributed by atoms with Crippen LogP contribution in [0.4, 0.5) is 5.82 Å². The highest BCUT2D eigenvalue weighted by molar-refractivity contribution is 5.78. The van der Waals surface area contributed by atoms with E-state index in [1.54, 1.807) is 0 Å². The molecule has 0 bridgehead atoms. The fourth-order valence-corrected chi connectivity index (χ4v) is 2.27. The lowest BCUT2D eigenvalue weighted by molar-refractivity contribution is 0.122. The Morgan fingerprint density at radius 2 is 2.25 bits per heavy atom. The summed E-state index contributed by atoms with van der Waals surface area (Å²) < 4.78 is 5.38. The van der Waals surface area contributed by atoms with Gasteiger partial charge in [-0.05, 0) is 18.9 Å². The number of anilines is 1. The van der Waals surface area contributed by atoms with Crippen molar-refractivity contribution in [1.82, 2.24) is 10.3 Å². The van der Waals surface area contributed by atoms with Crippen LogP contribution in [-0.2, 0) is 11.3 Å². The van der Waals surface area contributed by atoms with Gasteiger partial charge in [0.2, 0.25) is 0 Å². The second-order valence-corrected chi connectivity index (χ2v) is 5.21. The van der Waals surface area contributed by atoms with E-state index in [4.69, 9.17) is 10.5 Å². The third-order valence-corrected chi connectivity index (χ3v) is 3.53. The van der Waals surface area contributed by atoms with Crippen molar-refractivity contribution < 1.29 is 4.74 Å². The van der Waals surface area contributed by atoms with E-state index in [1.165, 1.54) is 12.8 Å². The molecule has 1 aliphatic heterocycles. The van der Waals surface area contributed by atoms with Crippen LogP contribution in [0.3, 0.4) is 0 Å². The van der Waals surface area contributed by atoms with Crippen LogP contribution in [0.5, 0.6) is 0 Å². The van der Waals surface area contributed by atoms with E-state index in [9.17, 15) is 0 Å². The maximum atomic E-state index is 5.88. The first-order valence-corrected chi connectivity index (χ1v) is 7.16. The number of hydrogen-bond donors (Lipinski definition) is 2. The highest BCUT2D eigenvalue weighted by Crippen LogP contribution is 2.20. The summed E-state index contributed by atoms with van der Waals surface area (Å²) >= 11 is 0. The Kier molecular flexibility index (Phi) is 4.01. The number of ether oxygens (including phenoxy) is 1. The van der Waals surface area contributed by atoms with Crippen LogP contribution in [0.1, 0.15) is 18.4 Å². The monoisotopic (exact) mass is 275 g/mol. The van der Waals surface area contributed by atoms with E-state index >= 15 is 0 Å². The first kappa shape index (κ1) is 13.2. The molecule has 20 heavy (non-hydrogen) atoms. The number of pyridine rings is 1. The van der Waals surface area contributed by atoms with Crippen LogP contribution in [0.15, 0.2) is 23.3 Å².